The number of rotatable bonds is 4. The van der Waals surface area contributed by atoms with E-state index in [0.717, 1.165) is 13.1 Å². The van der Waals surface area contributed by atoms with Gasteiger partial charge in [0, 0.05) is 30.7 Å². The van der Waals surface area contributed by atoms with Gasteiger partial charge in [-0.15, -0.1) is 0 Å². The molecular weight excluding hydrogens is 240 g/mol. The van der Waals surface area contributed by atoms with Crippen molar-refractivity contribution in [3.63, 3.8) is 0 Å². The van der Waals surface area contributed by atoms with Crippen LogP contribution in [0, 0.1) is 0 Å². The lowest BCUT2D eigenvalue weighted by molar-refractivity contribution is 0.0585. The third kappa shape index (κ3) is 3.34. The van der Waals surface area contributed by atoms with Crippen LogP contribution in [0.3, 0.4) is 0 Å². The minimum absolute atomic E-state index is 0.245. The Kier molecular flexibility index (Phi) is 4.46. The Labute approximate surface area is 115 Å². The van der Waals surface area contributed by atoms with Gasteiger partial charge in [0.25, 0.3) is 0 Å². The number of thiophene rings is 1. The summed E-state index contributed by atoms with van der Waals surface area (Å²) in [7, 11) is 0. The molecule has 2 atom stereocenters. The van der Waals surface area contributed by atoms with Crippen LogP contribution in [0.4, 0.5) is 0 Å². The van der Waals surface area contributed by atoms with Crippen molar-refractivity contribution in [1.29, 1.82) is 0 Å². The molecule has 2 rings (SSSR count). The average molecular weight is 266 g/mol. The minimum Gasteiger partial charge on any atom is -0.309 e. The van der Waals surface area contributed by atoms with Crippen molar-refractivity contribution in [1.82, 2.24) is 10.2 Å². The summed E-state index contributed by atoms with van der Waals surface area (Å²) in [5.74, 6) is 0. The highest BCUT2D eigenvalue weighted by atomic mass is 32.1. The normalized spacial score (nSPS) is 26.1. The quantitative estimate of drug-likeness (QED) is 0.900. The Balaban J connectivity index is 2.03. The van der Waals surface area contributed by atoms with E-state index in [1.54, 1.807) is 11.3 Å². The Bertz CT molecular complexity index is 359. The van der Waals surface area contributed by atoms with E-state index in [9.17, 15) is 0 Å². The summed E-state index contributed by atoms with van der Waals surface area (Å²) in [5.41, 5.74) is 1.73. The van der Waals surface area contributed by atoms with Gasteiger partial charge in [-0.05, 0) is 56.0 Å². The van der Waals surface area contributed by atoms with Crippen LogP contribution in [-0.4, -0.2) is 35.6 Å². The summed E-state index contributed by atoms with van der Waals surface area (Å²) in [6.45, 7) is 11.6. The van der Waals surface area contributed by atoms with E-state index in [2.05, 4.69) is 54.7 Å². The second-order valence-electron chi connectivity index (χ2n) is 6.18. The predicted molar refractivity (Wildman–Crippen MR) is 80.4 cm³/mol. The zero-order valence-electron chi connectivity index (χ0n) is 12.1. The molecule has 102 valence electrons. The summed E-state index contributed by atoms with van der Waals surface area (Å²) in [5, 5.41) is 8.13. The first-order valence-electron chi connectivity index (χ1n) is 7.03. The Morgan fingerprint density at radius 3 is 2.94 bits per heavy atom. The van der Waals surface area contributed by atoms with Crippen LogP contribution in [0.1, 0.15) is 39.7 Å². The van der Waals surface area contributed by atoms with Crippen molar-refractivity contribution in [3.05, 3.63) is 22.4 Å². The van der Waals surface area contributed by atoms with Gasteiger partial charge < -0.3 is 5.32 Å². The van der Waals surface area contributed by atoms with Crippen molar-refractivity contribution in [2.24, 2.45) is 0 Å². The molecule has 1 aliphatic heterocycles. The first-order valence-corrected chi connectivity index (χ1v) is 7.98. The fourth-order valence-electron chi connectivity index (χ4n) is 2.91. The van der Waals surface area contributed by atoms with E-state index in [-0.39, 0.29) is 5.54 Å². The number of nitrogens with zero attached hydrogens (tertiary/aromatic N) is 1. The molecule has 1 aromatic heterocycles. The molecule has 1 aromatic rings. The van der Waals surface area contributed by atoms with Crippen molar-refractivity contribution < 1.29 is 0 Å². The monoisotopic (exact) mass is 266 g/mol. The number of hydrogen-bond acceptors (Lipinski definition) is 3. The van der Waals surface area contributed by atoms with Gasteiger partial charge in [-0.1, -0.05) is 6.92 Å². The van der Waals surface area contributed by atoms with E-state index in [1.165, 1.54) is 18.4 Å². The molecule has 2 nitrogen and oxygen atoms in total. The molecule has 1 fully saturated rings. The lowest BCUT2D eigenvalue weighted by Crippen LogP contribution is -2.63. The molecule has 0 aliphatic carbocycles. The molecule has 18 heavy (non-hydrogen) atoms. The fraction of sp³-hybridized carbons (Fsp3) is 0.733. The first kappa shape index (κ1) is 14.0. The molecule has 2 unspecified atom stereocenters. The summed E-state index contributed by atoms with van der Waals surface area (Å²) >= 11 is 1.80. The van der Waals surface area contributed by atoms with E-state index < -0.39 is 0 Å². The molecule has 0 bridgehead atoms. The van der Waals surface area contributed by atoms with Crippen molar-refractivity contribution in [2.75, 3.05) is 13.1 Å². The van der Waals surface area contributed by atoms with Gasteiger partial charge in [-0.25, -0.2) is 0 Å². The Morgan fingerprint density at radius 1 is 1.56 bits per heavy atom. The predicted octanol–water partition coefficient (Wildman–Crippen LogP) is 3.14. The molecule has 1 N–H and O–H groups in total. The van der Waals surface area contributed by atoms with E-state index >= 15 is 0 Å². The van der Waals surface area contributed by atoms with E-state index in [4.69, 9.17) is 0 Å². The van der Waals surface area contributed by atoms with Crippen LogP contribution in [-0.2, 0) is 6.42 Å². The number of nitrogens with one attached hydrogen (secondary N) is 1. The highest BCUT2D eigenvalue weighted by molar-refractivity contribution is 7.07. The van der Waals surface area contributed by atoms with Crippen molar-refractivity contribution >= 4 is 11.3 Å². The molecule has 0 amide bonds. The molecule has 0 spiro atoms. The lowest BCUT2D eigenvalue weighted by atomic mass is 9.94. The van der Waals surface area contributed by atoms with Crippen LogP contribution < -0.4 is 5.32 Å². The third-order valence-electron chi connectivity index (χ3n) is 4.01. The summed E-state index contributed by atoms with van der Waals surface area (Å²) in [6.07, 6.45) is 2.41. The van der Waals surface area contributed by atoms with Crippen LogP contribution in [0.15, 0.2) is 16.8 Å². The zero-order chi connectivity index (χ0) is 13.2. The summed E-state index contributed by atoms with van der Waals surface area (Å²) < 4.78 is 0. The molecule has 3 heteroatoms. The van der Waals surface area contributed by atoms with Crippen LogP contribution in [0.2, 0.25) is 0 Å². The Hall–Kier alpha value is -0.380. The maximum atomic E-state index is 3.66. The molecule has 1 aliphatic rings. The van der Waals surface area contributed by atoms with Gasteiger partial charge in [0.15, 0.2) is 0 Å². The molecule has 0 saturated carbocycles. The topological polar surface area (TPSA) is 15.3 Å². The maximum absolute atomic E-state index is 3.66. The second-order valence-corrected chi connectivity index (χ2v) is 6.96. The lowest BCUT2D eigenvalue weighted by Gasteiger charge is -2.47. The van der Waals surface area contributed by atoms with Gasteiger partial charge in [0.1, 0.15) is 0 Å². The highest BCUT2D eigenvalue weighted by Gasteiger charge is 2.33. The smallest absolute Gasteiger partial charge is 0.0253 e. The number of hydrogen-bond donors (Lipinski definition) is 1. The van der Waals surface area contributed by atoms with Gasteiger partial charge in [-0.3, -0.25) is 4.90 Å². The third-order valence-corrected chi connectivity index (χ3v) is 4.74. The standard InChI is InChI=1S/C15H26N2S/c1-5-14-9-16-15(3,4)11-17(14)12(2)8-13-6-7-18-10-13/h6-7,10,12,14,16H,5,8-9,11H2,1-4H3. The molecule has 2 heterocycles. The van der Waals surface area contributed by atoms with E-state index in [1.807, 2.05) is 0 Å². The SMILES string of the molecule is CCC1CNC(C)(C)CN1C(C)Cc1ccsc1. The molecule has 0 aromatic carbocycles. The minimum atomic E-state index is 0.245. The number of piperazine rings is 1. The van der Waals surface area contributed by atoms with Gasteiger partial charge in [0.2, 0.25) is 0 Å². The van der Waals surface area contributed by atoms with Gasteiger partial charge in [0.05, 0.1) is 0 Å². The molecular formula is C15H26N2S. The first-order chi connectivity index (χ1) is 8.52. The van der Waals surface area contributed by atoms with Gasteiger partial charge >= 0.3 is 0 Å². The van der Waals surface area contributed by atoms with E-state index in [0.29, 0.717) is 12.1 Å². The Morgan fingerprint density at radius 2 is 2.33 bits per heavy atom. The van der Waals surface area contributed by atoms with Crippen molar-refractivity contribution in [3.8, 4) is 0 Å². The summed E-state index contributed by atoms with van der Waals surface area (Å²) in [6, 6.07) is 3.58. The highest BCUT2D eigenvalue weighted by Crippen LogP contribution is 2.22. The maximum Gasteiger partial charge on any atom is 0.0253 e. The van der Waals surface area contributed by atoms with Crippen LogP contribution in [0.25, 0.3) is 0 Å². The largest absolute Gasteiger partial charge is 0.309 e. The van der Waals surface area contributed by atoms with Crippen LogP contribution >= 0.6 is 11.3 Å². The van der Waals surface area contributed by atoms with Gasteiger partial charge in [-0.2, -0.15) is 11.3 Å². The average Bonchev–Trinajstić information content (AvgIpc) is 2.80. The second kappa shape index (κ2) is 5.72. The summed E-state index contributed by atoms with van der Waals surface area (Å²) in [4.78, 5) is 2.70. The molecule has 0 radical (unpaired) electrons. The van der Waals surface area contributed by atoms with Crippen molar-refractivity contribution in [2.45, 2.75) is 58.2 Å². The zero-order valence-corrected chi connectivity index (χ0v) is 12.9. The fourth-order valence-corrected chi connectivity index (χ4v) is 3.60. The molecule has 1 saturated heterocycles. The van der Waals surface area contributed by atoms with Crippen LogP contribution in [0.5, 0.6) is 0 Å².